The van der Waals surface area contributed by atoms with Crippen molar-refractivity contribution in [1.82, 2.24) is 0 Å². The maximum atomic E-state index is 5.39. The highest BCUT2D eigenvalue weighted by atomic mass is 35.5. The number of rotatable bonds is 4. The number of allylic oxidation sites excluding steroid dienone is 1. The van der Waals surface area contributed by atoms with Crippen LogP contribution in [0.25, 0.3) is 6.08 Å². The first-order valence-electron chi connectivity index (χ1n) is 8.10. The Labute approximate surface area is 156 Å². The van der Waals surface area contributed by atoms with Crippen LogP contribution in [0.5, 0.6) is 11.5 Å². The minimum atomic E-state index is -0.0155. The van der Waals surface area contributed by atoms with Gasteiger partial charge in [-0.3, -0.25) is 0 Å². The first kappa shape index (κ1) is 19.1. The lowest BCUT2D eigenvalue weighted by atomic mass is 9.81. The smallest absolute Gasteiger partial charge is 0.209 e. The van der Waals surface area contributed by atoms with E-state index in [9.17, 15) is 0 Å². The van der Waals surface area contributed by atoms with Gasteiger partial charge in [0.25, 0.3) is 0 Å². The molecule has 0 amide bonds. The van der Waals surface area contributed by atoms with Gasteiger partial charge in [0.15, 0.2) is 17.2 Å². The lowest BCUT2D eigenvalue weighted by Gasteiger charge is -2.15. The number of para-hydroxylation sites is 1. The largest absolute Gasteiger partial charge is 1.00 e. The molecule has 0 bridgehead atoms. The third-order valence-corrected chi connectivity index (χ3v) is 4.78. The topological polar surface area (TPSA) is 21.5 Å². The lowest BCUT2D eigenvalue weighted by molar-refractivity contribution is -0.401. The zero-order valence-corrected chi connectivity index (χ0v) is 16.1. The van der Waals surface area contributed by atoms with Crippen LogP contribution in [0.3, 0.4) is 0 Å². The standard InChI is InChI=1S/C21H24NO2.ClH/c1-21(2)16-8-6-7-9-17(16)22(3)20(21)13-11-15-10-12-18(23-4)19(14-15)24-5;/h6-14H,1-5H3;1H/q+1;/p-1/b13-11+;. The summed E-state index contributed by atoms with van der Waals surface area (Å²) in [4.78, 5) is 0. The summed E-state index contributed by atoms with van der Waals surface area (Å²) in [5.74, 6) is 1.49. The summed E-state index contributed by atoms with van der Waals surface area (Å²) in [6, 6.07) is 14.5. The molecule has 1 aliphatic rings. The van der Waals surface area contributed by atoms with E-state index < -0.39 is 0 Å². The first-order valence-corrected chi connectivity index (χ1v) is 8.10. The average Bonchev–Trinajstić information content (AvgIpc) is 2.79. The van der Waals surface area contributed by atoms with Gasteiger partial charge in [-0.15, -0.1) is 0 Å². The summed E-state index contributed by atoms with van der Waals surface area (Å²) in [5.41, 5.74) is 4.98. The summed E-state index contributed by atoms with van der Waals surface area (Å²) in [6.45, 7) is 4.53. The fourth-order valence-electron chi connectivity index (χ4n) is 3.43. The van der Waals surface area contributed by atoms with Gasteiger partial charge >= 0.3 is 0 Å². The fourth-order valence-corrected chi connectivity index (χ4v) is 3.43. The second kappa shape index (κ2) is 7.32. The molecule has 2 aromatic carbocycles. The predicted octanol–water partition coefficient (Wildman–Crippen LogP) is 1.43. The molecule has 2 aromatic rings. The molecule has 0 saturated heterocycles. The molecule has 0 aromatic heterocycles. The van der Waals surface area contributed by atoms with Crippen LogP contribution in [0, 0.1) is 0 Å². The molecule has 1 heterocycles. The fraction of sp³-hybridized carbons (Fsp3) is 0.286. The van der Waals surface area contributed by atoms with Crippen LogP contribution in [-0.2, 0) is 5.41 Å². The van der Waals surface area contributed by atoms with Crippen molar-refractivity contribution in [2.75, 3.05) is 21.3 Å². The predicted molar refractivity (Wildman–Crippen MR) is 98.9 cm³/mol. The molecule has 0 aliphatic carbocycles. The molecular formula is C21H24ClNO2. The normalized spacial score (nSPS) is 15.1. The lowest BCUT2D eigenvalue weighted by Crippen LogP contribution is -3.00. The molecule has 0 unspecified atom stereocenters. The van der Waals surface area contributed by atoms with E-state index >= 15 is 0 Å². The van der Waals surface area contributed by atoms with Gasteiger partial charge in [-0.05, 0) is 37.6 Å². The number of methoxy groups -OCH3 is 2. The molecule has 1 aliphatic heterocycles. The molecule has 0 fully saturated rings. The number of nitrogens with zero attached hydrogens (tertiary/aromatic N) is 1. The Bertz CT molecular complexity index is 838. The first-order chi connectivity index (χ1) is 11.5. The van der Waals surface area contributed by atoms with Crippen LogP contribution in [-0.4, -0.2) is 31.6 Å². The van der Waals surface area contributed by atoms with E-state index in [0.717, 1.165) is 17.1 Å². The van der Waals surface area contributed by atoms with Crippen molar-refractivity contribution in [3.63, 3.8) is 0 Å². The number of fused-ring (bicyclic) bond motifs is 1. The zero-order valence-electron chi connectivity index (χ0n) is 15.3. The highest BCUT2D eigenvalue weighted by molar-refractivity contribution is 6.05. The molecule has 0 radical (unpaired) electrons. The van der Waals surface area contributed by atoms with Crippen molar-refractivity contribution in [2.24, 2.45) is 0 Å². The Kier molecular flexibility index (Phi) is 5.58. The number of ether oxygens (including phenoxy) is 2. The van der Waals surface area contributed by atoms with Crippen molar-refractivity contribution in [3.8, 4) is 11.5 Å². The molecule has 4 heteroatoms. The molecule has 132 valence electrons. The molecule has 0 saturated carbocycles. The number of halogens is 1. The van der Waals surface area contributed by atoms with E-state index in [2.05, 4.69) is 61.9 Å². The van der Waals surface area contributed by atoms with Crippen molar-refractivity contribution >= 4 is 17.5 Å². The highest BCUT2D eigenvalue weighted by Crippen LogP contribution is 2.39. The molecule has 0 atom stereocenters. The van der Waals surface area contributed by atoms with Gasteiger partial charge in [0, 0.05) is 17.7 Å². The van der Waals surface area contributed by atoms with Gasteiger partial charge in [-0.25, -0.2) is 0 Å². The van der Waals surface area contributed by atoms with Crippen molar-refractivity contribution < 1.29 is 26.5 Å². The van der Waals surface area contributed by atoms with Gasteiger partial charge < -0.3 is 21.9 Å². The van der Waals surface area contributed by atoms with Gasteiger partial charge in [-0.2, -0.15) is 4.58 Å². The maximum absolute atomic E-state index is 5.39. The summed E-state index contributed by atoms with van der Waals surface area (Å²) < 4.78 is 13.0. The third-order valence-electron chi connectivity index (χ3n) is 4.78. The minimum absolute atomic E-state index is 0. The summed E-state index contributed by atoms with van der Waals surface area (Å²) in [6.07, 6.45) is 4.32. The van der Waals surface area contributed by atoms with E-state index in [4.69, 9.17) is 9.47 Å². The van der Waals surface area contributed by atoms with E-state index in [1.807, 2.05) is 18.2 Å². The molecule has 0 N–H and O–H groups in total. The van der Waals surface area contributed by atoms with Crippen LogP contribution in [0.2, 0.25) is 0 Å². The molecule has 25 heavy (non-hydrogen) atoms. The van der Waals surface area contributed by atoms with E-state index in [1.54, 1.807) is 14.2 Å². The van der Waals surface area contributed by atoms with Gasteiger partial charge in [-0.1, -0.05) is 24.3 Å². The Balaban J connectivity index is 0.00000225. The van der Waals surface area contributed by atoms with E-state index in [1.165, 1.54) is 17.0 Å². The third kappa shape index (κ3) is 3.29. The number of benzene rings is 2. The van der Waals surface area contributed by atoms with Crippen LogP contribution < -0.4 is 21.9 Å². The average molecular weight is 358 g/mol. The van der Waals surface area contributed by atoms with Crippen LogP contribution in [0.4, 0.5) is 5.69 Å². The monoisotopic (exact) mass is 357 g/mol. The SMILES string of the molecule is COc1ccc(/C=C/C2=[N+](C)c3ccccc3C2(C)C)cc1OC.[Cl-]. The summed E-state index contributed by atoms with van der Waals surface area (Å²) in [5, 5.41) is 0. The van der Waals surface area contributed by atoms with Gasteiger partial charge in [0.05, 0.1) is 19.6 Å². The molecule has 3 rings (SSSR count). The quantitative estimate of drug-likeness (QED) is 0.772. The van der Waals surface area contributed by atoms with Crippen LogP contribution in [0.1, 0.15) is 25.0 Å². The van der Waals surface area contributed by atoms with Crippen molar-refractivity contribution in [1.29, 1.82) is 0 Å². The highest BCUT2D eigenvalue weighted by Gasteiger charge is 2.42. The molecular weight excluding hydrogens is 334 g/mol. The Morgan fingerprint density at radius 2 is 1.60 bits per heavy atom. The van der Waals surface area contributed by atoms with Crippen molar-refractivity contribution in [3.05, 3.63) is 59.7 Å². The van der Waals surface area contributed by atoms with Gasteiger partial charge in [0.2, 0.25) is 5.69 Å². The summed E-state index contributed by atoms with van der Waals surface area (Å²) >= 11 is 0. The van der Waals surface area contributed by atoms with Gasteiger partial charge in [0.1, 0.15) is 7.05 Å². The Morgan fingerprint density at radius 3 is 2.24 bits per heavy atom. The minimum Gasteiger partial charge on any atom is -1.00 e. The van der Waals surface area contributed by atoms with Crippen LogP contribution >= 0.6 is 0 Å². The number of hydrogen-bond donors (Lipinski definition) is 0. The van der Waals surface area contributed by atoms with Crippen molar-refractivity contribution in [2.45, 2.75) is 19.3 Å². The second-order valence-electron chi connectivity index (χ2n) is 6.53. The Morgan fingerprint density at radius 1 is 0.920 bits per heavy atom. The number of hydrogen-bond acceptors (Lipinski definition) is 2. The second-order valence-corrected chi connectivity index (χ2v) is 6.53. The van der Waals surface area contributed by atoms with Crippen LogP contribution in [0.15, 0.2) is 48.5 Å². The molecule has 0 spiro atoms. The van der Waals surface area contributed by atoms with E-state index in [-0.39, 0.29) is 17.8 Å². The zero-order chi connectivity index (χ0) is 17.3. The summed E-state index contributed by atoms with van der Waals surface area (Å²) in [7, 11) is 5.43. The maximum Gasteiger partial charge on any atom is 0.209 e. The van der Waals surface area contributed by atoms with E-state index in [0.29, 0.717) is 0 Å². The Hall–Kier alpha value is -2.26. The molecule has 3 nitrogen and oxygen atoms in total.